The molecule has 1 aliphatic heterocycles. The molecule has 4 atom stereocenters. The third-order valence-corrected chi connectivity index (χ3v) is 5.60. The lowest BCUT2D eigenvalue weighted by Crippen LogP contribution is -2.41. The fraction of sp³-hybridized carbons (Fsp3) is 0.950. The van der Waals surface area contributed by atoms with Gasteiger partial charge in [0.1, 0.15) is 12.1 Å². The quantitative estimate of drug-likeness (QED) is 0.767. The summed E-state index contributed by atoms with van der Waals surface area (Å²) in [6.07, 6.45) is 10.6. The third kappa shape index (κ3) is 6.03. The molecule has 2 aliphatic rings. The minimum atomic E-state index is -0.480. The predicted octanol–water partition coefficient (Wildman–Crippen LogP) is 4.06. The molecule has 1 aliphatic carbocycles. The number of carbonyl (C=O) groups is 1. The van der Waals surface area contributed by atoms with E-state index in [1.807, 2.05) is 6.92 Å². The highest BCUT2D eigenvalue weighted by Crippen LogP contribution is 2.35. The van der Waals surface area contributed by atoms with Crippen LogP contribution in [-0.2, 0) is 14.3 Å². The van der Waals surface area contributed by atoms with Crippen molar-refractivity contribution in [3.63, 3.8) is 0 Å². The number of cyclic esters (lactones) is 1. The van der Waals surface area contributed by atoms with E-state index in [0.29, 0.717) is 11.8 Å². The lowest BCUT2D eigenvalue weighted by Gasteiger charge is -2.34. The molecular weight excluding hydrogens is 302 g/mol. The Morgan fingerprint density at radius 2 is 1.83 bits per heavy atom. The number of carbonyl (C=O) groups excluding carboxylic acids is 1. The maximum atomic E-state index is 12.1. The smallest absolute Gasteiger partial charge is 0.323 e. The molecule has 4 heteroatoms. The van der Waals surface area contributed by atoms with Crippen LogP contribution in [0.4, 0.5) is 0 Å². The zero-order valence-electron chi connectivity index (χ0n) is 15.8. The molecule has 2 rings (SSSR count). The van der Waals surface area contributed by atoms with Crippen LogP contribution < -0.4 is 5.73 Å². The fourth-order valence-electron chi connectivity index (χ4n) is 4.28. The Kier molecular flexibility index (Phi) is 8.02. The third-order valence-electron chi connectivity index (χ3n) is 5.60. The van der Waals surface area contributed by atoms with Gasteiger partial charge in [0.15, 0.2) is 0 Å². The highest BCUT2D eigenvalue weighted by molar-refractivity contribution is 5.75. The molecule has 0 spiro atoms. The van der Waals surface area contributed by atoms with Gasteiger partial charge in [-0.25, -0.2) is 0 Å². The van der Waals surface area contributed by atoms with Crippen LogP contribution in [0.3, 0.4) is 0 Å². The van der Waals surface area contributed by atoms with E-state index in [1.54, 1.807) is 0 Å². The Balaban J connectivity index is 2.07. The lowest BCUT2D eigenvalue weighted by molar-refractivity contribution is -0.161. The van der Waals surface area contributed by atoms with Crippen LogP contribution in [-0.4, -0.2) is 30.8 Å². The first-order valence-corrected chi connectivity index (χ1v) is 10.0. The molecule has 0 unspecified atom stereocenters. The van der Waals surface area contributed by atoms with E-state index in [0.717, 1.165) is 31.8 Å². The molecular formula is C20H37NO3. The molecule has 1 saturated carbocycles. The van der Waals surface area contributed by atoms with Crippen molar-refractivity contribution in [3.8, 4) is 0 Å². The monoisotopic (exact) mass is 339 g/mol. The molecule has 0 aromatic heterocycles. The highest BCUT2D eigenvalue weighted by atomic mass is 16.6. The summed E-state index contributed by atoms with van der Waals surface area (Å²) in [6.45, 7) is 7.03. The zero-order valence-corrected chi connectivity index (χ0v) is 15.8. The van der Waals surface area contributed by atoms with Crippen LogP contribution in [0.5, 0.6) is 0 Å². The van der Waals surface area contributed by atoms with Gasteiger partial charge in [0.25, 0.3) is 0 Å². The van der Waals surface area contributed by atoms with Crippen molar-refractivity contribution >= 4 is 5.97 Å². The van der Waals surface area contributed by atoms with E-state index in [1.165, 1.54) is 38.5 Å². The molecule has 0 aromatic carbocycles. The second-order valence-electron chi connectivity index (χ2n) is 8.37. The van der Waals surface area contributed by atoms with Gasteiger partial charge in [0, 0.05) is 6.61 Å². The SMILES string of the molecule is CC(C)CO[C@@H]1[C@@H](CC2CCCCC2)CCC[C@H](N)C(=O)O[C@H]1C. The maximum absolute atomic E-state index is 12.1. The summed E-state index contributed by atoms with van der Waals surface area (Å²) < 4.78 is 11.9. The summed E-state index contributed by atoms with van der Waals surface area (Å²) in [6, 6.07) is -0.480. The van der Waals surface area contributed by atoms with Gasteiger partial charge < -0.3 is 15.2 Å². The first kappa shape index (κ1) is 19.7. The Hall–Kier alpha value is -0.610. The summed E-state index contributed by atoms with van der Waals surface area (Å²) >= 11 is 0. The highest BCUT2D eigenvalue weighted by Gasteiger charge is 2.34. The molecule has 140 valence electrons. The minimum Gasteiger partial charge on any atom is -0.459 e. The normalized spacial score (nSPS) is 33.6. The van der Waals surface area contributed by atoms with Crippen molar-refractivity contribution < 1.29 is 14.3 Å². The van der Waals surface area contributed by atoms with E-state index in [9.17, 15) is 4.79 Å². The van der Waals surface area contributed by atoms with Crippen LogP contribution in [0.1, 0.15) is 78.6 Å². The molecule has 24 heavy (non-hydrogen) atoms. The standard InChI is InChI=1S/C20H37NO3/c1-14(2)13-23-19-15(3)24-20(22)18(21)11-7-10-17(19)12-16-8-5-4-6-9-16/h14-19H,4-13,21H2,1-3H3/t15-,17+,18-,19-/m0/s1. The molecule has 2 fully saturated rings. The van der Waals surface area contributed by atoms with Gasteiger partial charge in [0.05, 0.1) is 6.10 Å². The summed E-state index contributed by atoms with van der Waals surface area (Å²) in [4.78, 5) is 12.1. The van der Waals surface area contributed by atoms with Crippen molar-refractivity contribution in [3.05, 3.63) is 0 Å². The number of rotatable bonds is 5. The summed E-state index contributed by atoms with van der Waals surface area (Å²) in [5.41, 5.74) is 5.96. The second kappa shape index (κ2) is 9.76. The molecule has 1 heterocycles. The maximum Gasteiger partial charge on any atom is 0.323 e. The number of esters is 1. The molecule has 4 nitrogen and oxygen atoms in total. The van der Waals surface area contributed by atoms with E-state index < -0.39 is 6.04 Å². The van der Waals surface area contributed by atoms with E-state index in [-0.39, 0.29) is 18.2 Å². The molecule has 0 radical (unpaired) electrons. The largest absolute Gasteiger partial charge is 0.459 e. The van der Waals surface area contributed by atoms with Crippen LogP contribution in [0.15, 0.2) is 0 Å². The Morgan fingerprint density at radius 1 is 1.12 bits per heavy atom. The lowest BCUT2D eigenvalue weighted by atomic mass is 9.78. The zero-order chi connectivity index (χ0) is 17.5. The van der Waals surface area contributed by atoms with E-state index in [2.05, 4.69) is 13.8 Å². The van der Waals surface area contributed by atoms with Gasteiger partial charge in [-0.15, -0.1) is 0 Å². The van der Waals surface area contributed by atoms with Gasteiger partial charge in [-0.1, -0.05) is 52.4 Å². The predicted molar refractivity (Wildman–Crippen MR) is 96.6 cm³/mol. The molecule has 2 N–H and O–H groups in total. The summed E-state index contributed by atoms with van der Waals surface area (Å²) in [5, 5.41) is 0. The molecule has 0 aromatic rings. The number of hydrogen-bond donors (Lipinski definition) is 1. The topological polar surface area (TPSA) is 61.5 Å². The first-order valence-electron chi connectivity index (χ1n) is 10.0. The van der Waals surface area contributed by atoms with Crippen LogP contribution >= 0.6 is 0 Å². The summed E-state index contributed by atoms with van der Waals surface area (Å²) in [7, 11) is 0. The van der Waals surface area contributed by atoms with Crippen molar-refractivity contribution in [1.82, 2.24) is 0 Å². The van der Waals surface area contributed by atoms with Gasteiger partial charge in [-0.05, 0) is 43.9 Å². The van der Waals surface area contributed by atoms with Gasteiger partial charge in [-0.3, -0.25) is 4.79 Å². The van der Waals surface area contributed by atoms with Crippen molar-refractivity contribution in [2.24, 2.45) is 23.5 Å². The molecule has 1 saturated heterocycles. The fourth-order valence-corrected chi connectivity index (χ4v) is 4.28. The van der Waals surface area contributed by atoms with Crippen molar-refractivity contribution in [2.75, 3.05) is 6.61 Å². The van der Waals surface area contributed by atoms with Crippen molar-refractivity contribution in [2.45, 2.75) is 96.8 Å². The Morgan fingerprint density at radius 3 is 2.50 bits per heavy atom. The molecule has 0 bridgehead atoms. The van der Waals surface area contributed by atoms with Gasteiger partial charge in [0.2, 0.25) is 0 Å². The Bertz CT molecular complexity index is 379. The number of ether oxygens (including phenoxy) is 2. The molecule has 0 amide bonds. The van der Waals surface area contributed by atoms with E-state index in [4.69, 9.17) is 15.2 Å². The van der Waals surface area contributed by atoms with Crippen molar-refractivity contribution in [1.29, 1.82) is 0 Å². The first-order chi connectivity index (χ1) is 11.5. The van der Waals surface area contributed by atoms with E-state index >= 15 is 0 Å². The van der Waals surface area contributed by atoms with Gasteiger partial charge >= 0.3 is 5.97 Å². The number of nitrogens with two attached hydrogens (primary N) is 1. The minimum absolute atomic E-state index is 0.00331. The number of hydrogen-bond acceptors (Lipinski definition) is 4. The average molecular weight is 340 g/mol. The average Bonchev–Trinajstić information content (AvgIpc) is 2.58. The van der Waals surface area contributed by atoms with Crippen LogP contribution in [0, 0.1) is 17.8 Å². The van der Waals surface area contributed by atoms with Crippen LogP contribution in [0.2, 0.25) is 0 Å². The van der Waals surface area contributed by atoms with Crippen LogP contribution in [0.25, 0.3) is 0 Å². The Labute approximate surface area is 147 Å². The summed E-state index contributed by atoms with van der Waals surface area (Å²) in [5.74, 6) is 1.50. The van der Waals surface area contributed by atoms with Gasteiger partial charge in [-0.2, -0.15) is 0 Å². The second-order valence-corrected chi connectivity index (χ2v) is 8.37.